The zero-order valence-corrected chi connectivity index (χ0v) is 12.0. The molecule has 1 N–H and O–H groups in total. The van der Waals surface area contributed by atoms with E-state index in [1.54, 1.807) is 7.11 Å². The molecule has 0 aromatic rings. The van der Waals surface area contributed by atoms with Crippen molar-refractivity contribution in [3.05, 3.63) is 0 Å². The lowest BCUT2D eigenvalue weighted by molar-refractivity contribution is -0.152. The molecular weight excluding hydrogens is 232 g/mol. The van der Waals surface area contributed by atoms with Crippen molar-refractivity contribution >= 4 is 5.97 Å². The first-order valence-electron chi connectivity index (χ1n) is 6.66. The fraction of sp³-hybridized carbons (Fsp3) is 0.923. The summed E-state index contributed by atoms with van der Waals surface area (Å²) in [4.78, 5) is 14.3. The van der Waals surface area contributed by atoms with E-state index in [4.69, 9.17) is 9.47 Å². The lowest BCUT2D eigenvalue weighted by Gasteiger charge is -2.37. The third-order valence-electron chi connectivity index (χ3n) is 3.39. The zero-order valence-electron chi connectivity index (χ0n) is 12.0. The number of methoxy groups -OCH3 is 1. The van der Waals surface area contributed by atoms with E-state index in [2.05, 4.69) is 10.2 Å². The van der Waals surface area contributed by atoms with Gasteiger partial charge in [0.1, 0.15) is 6.04 Å². The molecule has 1 aliphatic rings. The van der Waals surface area contributed by atoms with Crippen molar-refractivity contribution in [3.63, 3.8) is 0 Å². The van der Waals surface area contributed by atoms with Crippen LogP contribution in [0.25, 0.3) is 0 Å². The van der Waals surface area contributed by atoms with E-state index in [-0.39, 0.29) is 17.6 Å². The van der Waals surface area contributed by atoms with Gasteiger partial charge in [0.05, 0.1) is 12.2 Å². The number of nitrogens with one attached hydrogen (secondary N) is 1. The van der Waals surface area contributed by atoms with Crippen LogP contribution in [0.5, 0.6) is 0 Å². The Balaban J connectivity index is 2.70. The molecule has 0 radical (unpaired) electrons. The average molecular weight is 258 g/mol. The molecule has 1 fully saturated rings. The Bertz CT molecular complexity index is 263. The second-order valence-corrected chi connectivity index (χ2v) is 5.22. The minimum absolute atomic E-state index is 0.135. The van der Waals surface area contributed by atoms with Gasteiger partial charge in [0.25, 0.3) is 0 Å². The van der Waals surface area contributed by atoms with E-state index in [1.807, 2.05) is 20.8 Å². The molecule has 5 heteroatoms. The van der Waals surface area contributed by atoms with Gasteiger partial charge in [0.2, 0.25) is 0 Å². The molecule has 1 atom stereocenters. The summed E-state index contributed by atoms with van der Waals surface area (Å²) < 4.78 is 10.6. The van der Waals surface area contributed by atoms with Crippen molar-refractivity contribution in [2.24, 2.45) is 0 Å². The highest BCUT2D eigenvalue weighted by Gasteiger charge is 2.33. The lowest BCUT2D eigenvalue weighted by atomic mass is 9.97. The topological polar surface area (TPSA) is 50.8 Å². The van der Waals surface area contributed by atoms with Gasteiger partial charge in [0, 0.05) is 39.7 Å². The number of carbonyl (C=O) groups is 1. The van der Waals surface area contributed by atoms with Gasteiger partial charge in [-0.05, 0) is 20.8 Å². The normalized spacial score (nSPS) is 19.6. The van der Waals surface area contributed by atoms with Crippen molar-refractivity contribution in [2.75, 3.05) is 39.9 Å². The number of hydrogen-bond acceptors (Lipinski definition) is 5. The molecule has 1 aliphatic heterocycles. The molecule has 0 aromatic carbocycles. The number of hydrogen-bond donors (Lipinski definition) is 1. The SMILES string of the molecule is CCOC(=O)C(CC(C)(C)OC)N1CCNCC1. The van der Waals surface area contributed by atoms with E-state index >= 15 is 0 Å². The van der Waals surface area contributed by atoms with Crippen molar-refractivity contribution in [1.82, 2.24) is 10.2 Å². The van der Waals surface area contributed by atoms with Crippen molar-refractivity contribution in [3.8, 4) is 0 Å². The van der Waals surface area contributed by atoms with E-state index in [0.717, 1.165) is 26.2 Å². The van der Waals surface area contributed by atoms with Crippen molar-refractivity contribution < 1.29 is 14.3 Å². The van der Waals surface area contributed by atoms with E-state index in [1.165, 1.54) is 0 Å². The predicted octanol–water partition coefficient (Wildman–Crippen LogP) is 0.638. The Hall–Kier alpha value is -0.650. The van der Waals surface area contributed by atoms with Gasteiger partial charge in [-0.15, -0.1) is 0 Å². The quantitative estimate of drug-likeness (QED) is 0.709. The van der Waals surface area contributed by atoms with Gasteiger partial charge in [-0.1, -0.05) is 0 Å². The highest BCUT2D eigenvalue weighted by atomic mass is 16.5. The molecule has 0 amide bonds. The Labute approximate surface area is 110 Å². The molecule has 18 heavy (non-hydrogen) atoms. The first-order valence-corrected chi connectivity index (χ1v) is 6.66. The Morgan fingerprint density at radius 3 is 2.50 bits per heavy atom. The highest BCUT2D eigenvalue weighted by Crippen LogP contribution is 2.20. The lowest BCUT2D eigenvalue weighted by Crippen LogP contribution is -2.53. The zero-order chi connectivity index (χ0) is 13.6. The van der Waals surface area contributed by atoms with Crippen LogP contribution in [0.4, 0.5) is 0 Å². The van der Waals surface area contributed by atoms with Gasteiger partial charge >= 0.3 is 5.97 Å². The van der Waals surface area contributed by atoms with Crippen LogP contribution in [0.2, 0.25) is 0 Å². The number of carbonyl (C=O) groups excluding carboxylic acids is 1. The van der Waals surface area contributed by atoms with Crippen LogP contribution in [-0.2, 0) is 14.3 Å². The van der Waals surface area contributed by atoms with Crippen LogP contribution in [0.1, 0.15) is 27.2 Å². The third-order valence-corrected chi connectivity index (χ3v) is 3.39. The largest absolute Gasteiger partial charge is 0.465 e. The molecule has 5 nitrogen and oxygen atoms in total. The minimum Gasteiger partial charge on any atom is -0.465 e. The molecule has 0 aromatic heterocycles. The summed E-state index contributed by atoms with van der Waals surface area (Å²) in [6.45, 7) is 9.87. The molecule has 106 valence electrons. The average Bonchev–Trinajstić information content (AvgIpc) is 2.37. The maximum Gasteiger partial charge on any atom is 0.323 e. The molecule has 0 spiro atoms. The van der Waals surface area contributed by atoms with E-state index in [9.17, 15) is 4.79 Å². The van der Waals surface area contributed by atoms with Crippen LogP contribution in [-0.4, -0.2) is 62.4 Å². The summed E-state index contributed by atoms with van der Waals surface area (Å²) in [7, 11) is 1.68. The highest BCUT2D eigenvalue weighted by molar-refractivity contribution is 5.76. The molecular formula is C13H26N2O3. The van der Waals surface area contributed by atoms with Crippen molar-refractivity contribution in [1.29, 1.82) is 0 Å². The van der Waals surface area contributed by atoms with Gasteiger partial charge in [0.15, 0.2) is 0 Å². The first kappa shape index (κ1) is 15.4. The summed E-state index contributed by atoms with van der Waals surface area (Å²) in [6.07, 6.45) is 0.655. The molecule has 1 saturated heterocycles. The van der Waals surface area contributed by atoms with Crippen LogP contribution in [0, 0.1) is 0 Å². The summed E-state index contributed by atoms with van der Waals surface area (Å²) in [5.74, 6) is -0.135. The van der Waals surface area contributed by atoms with Crippen LogP contribution >= 0.6 is 0 Å². The molecule has 1 rings (SSSR count). The first-order chi connectivity index (χ1) is 8.50. The van der Waals surface area contributed by atoms with Gasteiger partial charge < -0.3 is 14.8 Å². The van der Waals surface area contributed by atoms with E-state index in [0.29, 0.717) is 13.0 Å². The fourth-order valence-electron chi connectivity index (χ4n) is 2.14. The molecule has 1 unspecified atom stereocenters. The monoisotopic (exact) mass is 258 g/mol. The summed E-state index contributed by atoms with van der Waals surface area (Å²) >= 11 is 0. The van der Waals surface area contributed by atoms with Crippen LogP contribution in [0.15, 0.2) is 0 Å². The third kappa shape index (κ3) is 4.55. The molecule has 0 bridgehead atoms. The summed E-state index contributed by atoms with van der Waals surface area (Å²) in [5.41, 5.74) is -0.317. The maximum atomic E-state index is 12.1. The number of piperazine rings is 1. The van der Waals surface area contributed by atoms with Gasteiger partial charge in [-0.3, -0.25) is 9.69 Å². The van der Waals surface area contributed by atoms with Gasteiger partial charge in [-0.2, -0.15) is 0 Å². The summed E-state index contributed by atoms with van der Waals surface area (Å²) in [6, 6.07) is -0.206. The number of nitrogens with zero attached hydrogens (tertiary/aromatic N) is 1. The smallest absolute Gasteiger partial charge is 0.323 e. The van der Waals surface area contributed by atoms with Crippen LogP contribution in [0.3, 0.4) is 0 Å². The molecule has 0 aliphatic carbocycles. The summed E-state index contributed by atoms with van der Waals surface area (Å²) in [5, 5.41) is 3.29. The predicted molar refractivity (Wildman–Crippen MR) is 70.6 cm³/mol. The standard InChI is InChI=1S/C13H26N2O3/c1-5-18-12(16)11(10-13(2,3)17-4)15-8-6-14-7-9-15/h11,14H,5-10H2,1-4H3. The minimum atomic E-state index is -0.317. The fourth-order valence-corrected chi connectivity index (χ4v) is 2.14. The van der Waals surface area contributed by atoms with Crippen LogP contribution < -0.4 is 5.32 Å². The maximum absolute atomic E-state index is 12.1. The number of rotatable bonds is 6. The number of esters is 1. The molecule has 1 heterocycles. The Morgan fingerprint density at radius 2 is 2.00 bits per heavy atom. The Morgan fingerprint density at radius 1 is 1.39 bits per heavy atom. The van der Waals surface area contributed by atoms with E-state index < -0.39 is 0 Å². The van der Waals surface area contributed by atoms with Crippen molar-refractivity contribution in [2.45, 2.75) is 38.8 Å². The van der Waals surface area contributed by atoms with Gasteiger partial charge in [-0.25, -0.2) is 0 Å². The molecule has 0 saturated carbocycles. The Kier molecular flexibility index (Phi) is 6.05. The number of ether oxygens (including phenoxy) is 2. The second kappa shape index (κ2) is 7.07. The second-order valence-electron chi connectivity index (χ2n) is 5.22.